The fraction of sp³-hybridized carbons (Fsp3) is 0.857. The standard InChI is InChI=1S/C14H27N3O3/c1-14(2,3)11(12(18)19)16-13(20)15-9-10-5-7-17(4)8-6-10/h10-11H,5-9H2,1-4H3,(H,18,19)(H2,15,16,20)/t11-/m0/s1. The van der Waals surface area contributed by atoms with Crippen LogP contribution in [0.1, 0.15) is 33.6 Å². The van der Waals surface area contributed by atoms with Gasteiger partial charge >= 0.3 is 12.0 Å². The van der Waals surface area contributed by atoms with Crippen molar-refractivity contribution < 1.29 is 14.7 Å². The number of rotatable bonds is 4. The molecule has 1 aliphatic rings. The van der Waals surface area contributed by atoms with Crippen molar-refractivity contribution in [3.05, 3.63) is 0 Å². The normalized spacial score (nSPS) is 19.4. The van der Waals surface area contributed by atoms with E-state index in [4.69, 9.17) is 5.11 Å². The van der Waals surface area contributed by atoms with E-state index >= 15 is 0 Å². The first kappa shape index (κ1) is 16.8. The molecule has 1 atom stereocenters. The number of piperidine rings is 1. The van der Waals surface area contributed by atoms with Crippen LogP contribution in [0.4, 0.5) is 4.79 Å². The van der Waals surface area contributed by atoms with E-state index in [2.05, 4.69) is 22.6 Å². The Labute approximate surface area is 120 Å². The third kappa shape index (κ3) is 5.36. The molecule has 6 heteroatoms. The topological polar surface area (TPSA) is 81.7 Å². The van der Waals surface area contributed by atoms with Crippen molar-refractivity contribution in [2.45, 2.75) is 39.7 Å². The van der Waals surface area contributed by atoms with E-state index < -0.39 is 23.5 Å². The molecule has 3 N–H and O–H groups in total. The second kappa shape index (κ2) is 6.92. The quantitative estimate of drug-likeness (QED) is 0.723. The van der Waals surface area contributed by atoms with Crippen LogP contribution in [0.15, 0.2) is 0 Å². The number of nitrogens with one attached hydrogen (secondary N) is 2. The summed E-state index contributed by atoms with van der Waals surface area (Å²) in [7, 11) is 2.09. The number of hydrogen-bond acceptors (Lipinski definition) is 3. The van der Waals surface area contributed by atoms with E-state index in [1.165, 1.54) is 0 Å². The Hall–Kier alpha value is -1.30. The number of aliphatic carboxylic acids is 1. The van der Waals surface area contributed by atoms with Gasteiger partial charge in [-0.25, -0.2) is 9.59 Å². The largest absolute Gasteiger partial charge is 0.480 e. The molecule has 0 unspecified atom stereocenters. The summed E-state index contributed by atoms with van der Waals surface area (Å²) in [6.45, 7) is 8.09. The Bertz CT molecular complexity index is 344. The molecule has 2 amide bonds. The molecular weight excluding hydrogens is 258 g/mol. The summed E-state index contributed by atoms with van der Waals surface area (Å²) in [6, 6.07) is -1.29. The number of carbonyl (C=O) groups is 2. The minimum absolute atomic E-state index is 0.397. The van der Waals surface area contributed by atoms with Gasteiger partial charge in [0.25, 0.3) is 0 Å². The highest BCUT2D eigenvalue weighted by molar-refractivity contribution is 5.83. The molecule has 1 saturated heterocycles. The first-order valence-electron chi connectivity index (χ1n) is 7.16. The molecule has 1 heterocycles. The molecule has 0 aliphatic carbocycles. The molecule has 0 aromatic rings. The van der Waals surface area contributed by atoms with Crippen LogP contribution in [0.25, 0.3) is 0 Å². The molecule has 116 valence electrons. The fourth-order valence-electron chi connectivity index (χ4n) is 2.33. The summed E-state index contributed by atoms with van der Waals surface area (Å²) in [6.07, 6.45) is 2.14. The minimum atomic E-state index is -1.01. The second-order valence-corrected chi connectivity index (χ2v) is 6.74. The lowest BCUT2D eigenvalue weighted by molar-refractivity contribution is -0.141. The van der Waals surface area contributed by atoms with Crippen LogP contribution >= 0.6 is 0 Å². The van der Waals surface area contributed by atoms with Gasteiger partial charge < -0.3 is 20.6 Å². The van der Waals surface area contributed by atoms with E-state index in [1.54, 1.807) is 20.8 Å². The average Bonchev–Trinajstić information content (AvgIpc) is 2.33. The third-order valence-electron chi connectivity index (χ3n) is 3.78. The van der Waals surface area contributed by atoms with Crippen LogP contribution in [0.5, 0.6) is 0 Å². The van der Waals surface area contributed by atoms with Crippen molar-refractivity contribution in [2.24, 2.45) is 11.3 Å². The molecule has 20 heavy (non-hydrogen) atoms. The molecule has 1 fully saturated rings. The van der Waals surface area contributed by atoms with E-state index in [1.807, 2.05) is 0 Å². The zero-order valence-electron chi connectivity index (χ0n) is 12.9. The first-order valence-corrected chi connectivity index (χ1v) is 7.16. The number of carboxylic acids is 1. The van der Waals surface area contributed by atoms with Gasteiger partial charge in [0.15, 0.2) is 0 Å². The number of hydrogen-bond donors (Lipinski definition) is 3. The molecule has 0 radical (unpaired) electrons. The Kier molecular flexibility index (Phi) is 5.80. The van der Waals surface area contributed by atoms with Crippen LogP contribution in [0.3, 0.4) is 0 Å². The summed E-state index contributed by atoms with van der Waals surface area (Å²) in [4.78, 5) is 25.3. The SMILES string of the molecule is CN1CCC(CNC(=O)N[C@@H](C(=O)O)C(C)(C)C)CC1. The zero-order chi connectivity index (χ0) is 15.3. The Morgan fingerprint density at radius 3 is 2.30 bits per heavy atom. The number of carbonyl (C=O) groups excluding carboxylic acids is 1. The van der Waals surface area contributed by atoms with Crippen LogP contribution in [0.2, 0.25) is 0 Å². The monoisotopic (exact) mass is 285 g/mol. The van der Waals surface area contributed by atoms with Gasteiger partial charge in [0.2, 0.25) is 0 Å². The van der Waals surface area contributed by atoms with Crippen molar-refractivity contribution in [2.75, 3.05) is 26.7 Å². The maximum atomic E-state index is 11.8. The molecule has 0 aromatic heterocycles. The average molecular weight is 285 g/mol. The highest BCUT2D eigenvalue weighted by Crippen LogP contribution is 2.19. The summed E-state index contributed by atoms with van der Waals surface area (Å²) in [5.74, 6) is -0.526. The second-order valence-electron chi connectivity index (χ2n) is 6.74. The van der Waals surface area contributed by atoms with E-state index in [0.29, 0.717) is 12.5 Å². The molecule has 0 aromatic carbocycles. The predicted octanol–water partition coefficient (Wildman–Crippen LogP) is 1.13. The van der Waals surface area contributed by atoms with Gasteiger partial charge in [-0.2, -0.15) is 0 Å². The maximum absolute atomic E-state index is 11.8. The predicted molar refractivity (Wildman–Crippen MR) is 77.6 cm³/mol. The lowest BCUT2D eigenvalue weighted by Crippen LogP contribution is -2.53. The van der Waals surface area contributed by atoms with Gasteiger partial charge in [-0.15, -0.1) is 0 Å². The lowest BCUT2D eigenvalue weighted by atomic mass is 9.87. The number of carboxylic acid groups (broad SMARTS) is 1. The maximum Gasteiger partial charge on any atom is 0.326 e. The summed E-state index contributed by atoms with van der Waals surface area (Å²) >= 11 is 0. The molecule has 1 aliphatic heterocycles. The van der Waals surface area contributed by atoms with Gasteiger partial charge in [0.1, 0.15) is 6.04 Å². The first-order chi connectivity index (χ1) is 9.20. The van der Waals surface area contributed by atoms with Crippen LogP contribution in [-0.4, -0.2) is 54.7 Å². The molecule has 6 nitrogen and oxygen atoms in total. The van der Waals surface area contributed by atoms with Crippen molar-refractivity contribution in [1.29, 1.82) is 0 Å². The fourth-order valence-corrected chi connectivity index (χ4v) is 2.33. The minimum Gasteiger partial charge on any atom is -0.480 e. The van der Waals surface area contributed by atoms with Gasteiger partial charge in [0.05, 0.1) is 0 Å². The summed E-state index contributed by atoms with van der Waals surface area (Å²) in [5.41, 5.74) is -0.517. The molecule has 0 saturated carbocycles. The van der Waals surface area contributed by atoms with E-state index in [-0.39, 0.29) is 0 Å². The number of likely N-dealkylation sites (tertiary alicyclic amines) is 1. The van der Waals surface area contributed by atoms with Gasteiger partial charge in [-0.05, 0) is 44.3 Å². The van der Waals surface area contributed by atoms with Gasteiger partial charge in [-0.1, -0.05) is 20.8 Å². The Morgan fingerprint density at radius 1 is 1.30 bits per heavy atom. The summed E-state index contributed by atoms with van der Waals surface area (Å²) in [5, 5.41) is 14.5. The summed E-state index contributed by atoms with van der Waals surface area (Å²) < 4.78 is 0. The number of amides is 2. The Morgan fingerprint density at radius 2 is 1.85 bits per heavy atom. The zero-order valence-corrected chi connectivity index (χ0v) is 12.9. The van der Waals surface area contributed by atoms with E-state index in [0.717, 1.165) is 25.9 Å². The molecular formula is C14H27N3O3. The van der Waals surface area contributed by atoms with Crippen LogP contribution in [0, 0.1) is 11.3 Å². The van der Waals surface area contributed by atoms with Crippen LogP contribution in [-0.2, 0) is 4.79 Å². The van der Waals surface area contributed by atoms with Gasteiger partial charge in [0, 0.05) is 6.54 Å². The molecule has 1 rings (SSSR count). The highest BCUT2D eigenvalue weighted by atomic mass is 16.4. The third-order valence-corrected chi connectivity index (χ3v) is 3.78. The van der Waals surface area contributed by atoms with Crippen molar-refractivity contribution in [3.63, 3.8) is 0 Å². The van der Waals surface area contributed by atoms with Crippen LogP contribution < -0.4 is 10.6 Å². The molecule has 0 spiro atoms. The smallest absolute Gasteiger partial charge is 0.326 e. The van der Waals surface area contributed by atoms with Crippen molar-refractivity contribution in [1.82, 2.24) is 15.5 Å². The lowest BCUT2D eigenvalue weighted by Gasteiger charge is -2.30. The Balaban J connectivity index is 2.37. The van der Waals surface area contributed by atoms with Crippen molar-refractivity contribution in [3.8, 4) is 0 Å². The number of nitrogens with zero attached hydrogens (tertiary/aromatic N) is 1. The van der Waals surface area contributed by atoms with Gasteiger partial charge in [-0.3, -0.25) is 0 Å². The van der Waals surface area contributed by atoms with E-state index in [9.17, 15) is 9.59 Å². The van der Waals surface area contributed by atoms with Crippen molar-refractivity contribution >= 4 is 12.0 Å². The number of urea groups is 1. The molecule has 0 bridgehead atoms. The highest BCUT2D eigenvalue weighted by Gasteiger charge is 2.32.